The lowest BCUT2D eigenvalue weighted by molar-refractivity contribution is -0.130. The number of nitrogens with one attached hydrogen (secondary N) is 1. The van der Waals surface area contributed by atoms with Crippen LogP contribution in [0.2, 0.25) is 0 Å². The number of carbonyl (C=O) groups is 1. The highest BCUT2D eigenvalue weighted by Crippen LogP contribution is 2.25. The van der Waals surface area contributed by atoms with Crippen molar-refractivity contribution in [1.82, 2.24) is 10.3 Å². The van der Waals surface area contributed by atoms with E-state index >= 15 is 0 Å². The smallest absolute Gasteiger partial charge is 0.338 e. The Labute approximate surface area is 128 Å². The third kappa shape index (κ3) is 3.69. The molecule has 0 amide bonds. The van der Waals surface area contributed by atoms with Gasteiger partial charge < -0.3 is 10.4 Å². The van der Waals surface area contributed by atoms with Gasteiger partial charge in [-0.15, -0.1) is 0 Å². The van der Waals surface area contributed by atoms with Gasteiger partial charge in [-0.2, -0.15) is 0 Å². The van der Waals surface area contributed by atoms with Crippen LogP contribution in [0.25, 0.3) is 11.3 Å². The first-order valence-corrected chi connectivity index (χ1v) is 7.01. The minimum atomic E-state index is -1.07. The summed E-state index contributed by atoms with van der Waals surface area (Å²) in [5, 5.41) is 12.8. The van der Waals surface area contributed by atoms with E-state index in [4.69, 9.17) is 0 Å². The van der Waals surface area contributed by atoms with Gasteiger partial charge in [-0.05, 0) is 36.2 Å². The molecule has 0 aliphatic rings. The molecular formula is C17H17FN2O2. The summed E-state index contributed by atoms with van der Waals surface area (Å²) in [6.45, 7) is 2.63. The maximum atomic E-state index is 13.1. The van der Waals surface area contributed by atoms with Crippen LogP contribution in [-0.4, -0.2) is 22.6 Å². The van der Waals surface area contributed by atoms with Crippen molar-refractivity contribution in [3.8, 4) is 0 Å². The quantitative estimate of drug-likeness (QED) is 0.804. The second kappa shape index (κ2) is 7.36. The average Bonchev–Trinajstić information content (AvgIpc) is 2.53. The fourth-order valence-corrected chi connectivity index (χ4v) is 2.09. The molecule has 1 aromatic carbocycles. The Morgan fingerprint density at radius 3 is 2.32 bits per heavy atom. The molecule has 1 heterocycles. The average molecular weight is 300 g/mol. The molecule has 0 saturated carbocycles. The first kappa shape index (κ1) is 15.7. The molecule has 5 heteroatoms. The fraction of sp³-hybridized carbons (Fsp3) is 0.176. The van der Waals surface area contributed by atoms with Gasteiger partial charge in [-0.25, -0.2) is 9.18 Å². The van der Waals surface area contributed by atoms with Crippen molar-refractivity contribution in [3.63, 3.8) is 0 Å². The van der Waals surface area contributed by atoms with Gasteiger partial charge in [0, 0.05) is 24.5 Å². The van der Waals surface area contributed by atoms with Crippen LogP contribution in [0.5, 0.6) is 0 Å². The van der Waals surface area contributed by atoms with Crippen molar-refractivity contribution >= 4 is 17.2 Å². The van der Waals surface area contributed by atoms with Gasteiger partial charge in [0.1, 0.15) is 5.82 Å². The Morgan fingerprint density at radius 2 is 1.77 bits per heavy atom. The minimum Gasteiger partial charge on any atom is -0.478 e. The zero-order chi connectivity index (χ0) is 15.9. The number of rotatable bonds is 6. The Kier molecular flexibility index (Phi) is 5.25. The molecule has 0 atom stereocenters. The van der Waals surface area contributed by atoms with E-state index in [0.717, 1.165) is 12.0 Å². The predicted octanol–water partition coefficient (Wildman–Crippen LogP) is 3.17. The van der Waals surface area contributed by atoms with E-state index in [1.165, 1.54) is 24.3 Å². The van der Waals surface area contributed by atoms with Crippen LogP contribution in [0.4, 0.5) is 4.39 Å². The van der Waals surface area contributed by atoms with E-state index in [1.54, 1.807) is 24.5 Å². The lowest BCUT2D eigenvalue weighted by Gasteiger charge is -2.15. The number of carboxylic acid groups (broad SMARTS) is 1. The van der Waals surface area contributed by atoms with Crippen molar-refractivity contribution in [2.75, 3.05) is 6.54 Å². The topological polar surface area (TPSA) is 62.2 Å². The highest BCUT2D eigenvalue weighted by molar-refractivity contribution is 6.23. The van der Waals surface area contributed by atoms with Crippen molar-refractivity contribution in [1.29, 1.82) is 0 Å². The Morgan fingerprint density at radius 1 is 1.14 bits per heavy atom. The fourth-order valence-electron chi connectivity index (χ4n) is 2.09. The first-order chi connectivity index (χ1) is 10.6. The lowest BCUT2D eigenvalue weighted by atomic mass is 9.99. The molecule has 0 aliphatic carbocycles. The highest BCUT2D eigenvalue weighted by atomic mass is 19.1. The van der Waals surface area contributed by atoms with Gasteiger partial charge in [0.05, 0.1) is 11.3 Å². The molecule has 0 saturated heterocycles. The van der Waals surface area contributed by atoms with Crippen LogP contribution in [0, 0.1) is 5.82 Å². The van der Waals surface area contributed by atoms with Gasteiger partial charge in [0.25, 0.3) is 0 Å². The summed E-state index contributed by atoms with van der Waals surface area (Å²) >= 11 is 0. The summed E-state index contributed by atoms with van der Waals surface area (Å²) in [5.74, 6) is -1.47. The number of carboxylic acids is 1. The van der Waals surface area contributed by atoms with Crippen molar-refractivity contribution in [2.24, 2.45) is 0 Å². The number of pyridine rings is 1. The van der Waals surface area contributed by atoms with Crippen LogP contribution in [0.1, 0.15) is 24.5 Å². The monoisotopic (exact) mass is 300 g/mol. The van der Waals surface area contributed by atoms with Gasteiger partial charge in [0.2, 0.25) is 0 Å². The molecule has 0 unspecified atom stereocenters. The zero-order valence-electron chi connectivity index (χ0n) is 12.2. The summed E-state index contributed by atoms with van der Waals surface area (Å²) in [4.78, 5) is 15.7. The summed E-state index contributed by atoms with van der Waals surface area (Å²) < 4.78 is 13.1. The first-order valence-electron chi connectivity index (χ1n) is 7.01. The van der Waals surface area contributed by atoms with E-state index in [2.05, 4.69) is 10.3 Å². The third-order valence-corrected chi connectivity index (χ3v) is 3.12. The normalized spacial score (nSPS) is 11.7. The van der Waals surface area contributed by atoms with Crippen LogP contribution >= 0.6 is 0 Å². The minimum absolute atomic E-state index is 0.111. The molecule has 2 N–H and O–H groups in total. The van der Waals surface area contributed by atoms with Gasteiger partial charge in [-0.1, -0.05) is 19.1 Å². The SMILES string of the molecule is CCCN/C(=C(\C(=O)O)c1ccc(F)cc1)c1ccncc1. The molecule has 2 aromatic rings. The predicted molar refractivity (Wildman–Crippen MR) is 83.4 cm³/mol. The van der Waals surface area contributed by atoms with E-state index < -0.39 is 11.8 Å². The molecule has 0 aliphatic heterocycles. The van der Waals surface area contributed by atoms with Gasteiger partial charge in [0.15, 0.2) is 0 Å². The molecule has 0 radical (unpaired) electrons. The summed E-state index contributed by atoms with van der Waals surface area (Å²) in [6, 6.07) is 8.92. The number of aromatic nitrogens is 1. The maximum Gasteiger partial charge on any atom is 0.338 e. The molecule has 114 valence electrons. The summed E-state index contributed by atoms with van der Waals surface area (Å²) in [7, 11) is 0. The lowest BCUT2D eigenvalue weighted by Crippen LogP contribution is -2.18. The van der Waals surface area contributed by atoms with Crippen LogP contribution < -0.4 is 5.32 Å². The highest BCUT2D eigenvalue weighted by Gasteiger charge is 2.18. The second-order valence-electron chi connectivity index (χ2n) is 4.72. The number of hydrogen-bond acceptors (Lipinski definition) is 3. The van der Waals surface area contributed by atoms with Crippen LogP contribution in [-0.2, 0) is 4.79 Å². The molecule has 4 nitrogen and oxygen atoms in total. The third-order valence-electron chi connectivity index (χ3n) is 3.12. The zero-order valence-corrected chi connectivity index (χ0v) is 12.2. The molecule has 0 bridgehead atoms. The summed E-state index contributed by atoms with van der Waals surface area (Å²) in [6.07, 6.45) is 4.06. The van der Waals surface area contributed by atoms with E-state index in [-0.39, 0.29) is 5.57 Å². The Bertz CT molecular complexity index is 667. The van der Waals surface area contributed by atoms with Crippen LogP contribution in [0.3, 0.4) is 0 Å². The molecule has 0 fully saturated rings. The van der Waals surface area contributed by atoms with Crippen LogP contribution in [0.15, 0.2) is 48.8 Å². The van der Waals surface area contributed by atoms with Crippen molar-refractivity contribution < 1.29 is 14.3 Å². The van der Waals surface area contributed by atoms with Crippen molar-refractivity contribution in [3.05, 3.63) is 65.7 Å². The Balaban J connectivity index is 2.60. The largest absolute Gasteiger partial charge is 0.478 e. The number of nitrogens with zero attached hydrogens (tertiary/aromatic N) is 1. The summed E-state index contributed by atoms with van der Waals surface area (Å²) in [5.41, 5.74) is 1.79. The standard InChI is InChI=1S/C17H17FN2O2/c1-2-9-20-16(13-7-10-19-11-8-13)15(17(21)22)12-3-5-14(18)6-4-12/h3-8,10-11,20H,2,9H2,1H3,(H,21,22)/b16-15-. The molecule has 2 rings (SSSR count). The molecule has 22 heavy (non-hydrogen) atoms. The number of benzene rings is 1. The number of aliphatic carboxylic acids is 1. The number of halogens is 1. The van der Waals surface area contributed by atoms with Gasteiger partial charge in [-0.3, -0.25) is 4.98 Å². The van der Waals surface area contributed by atoms with E-state index in [1.807, 2.05) is 6.92 Å². The molecule has 1 aromatic heterocycles. The molecular weight excluding hydrogens is 283 g/mol. The van der Waals surface area contributed by atoms with Crippen molar-refractivity contribution in [2.45, 2.75) is 13.3 Å². The maximum absolute atomic E-state index is 13.1. The van der Waals surface area contributed by atoms with E-state index in [0.29, 0.717) is 17.8 Å². The second-order valence-corrected chi connectivity index (χ2v) is 4.72. The number of hydrogen-bond donors (Lipinski definition) is 2. The molecule has 0 spiro atoms. The Hall–Kier alpha value is -2.69. The van der Waals surface area contributed by atoms with Gasteiger partial charge >= 0.3 is 5.97 Å². The van der Waals surface area contributed by atoms with E-state index in [9.17, 15) is 14.3 Å².